The van der Waals surface area contributed by atoms with E-state index in [0.717, 1.165) is 5.75 Å². The number of benzene rings is 1. The Kier molecular flexibility index (Phi) is 2.97. The lowest BCUT2D eigenvalue weighted by molar-refractivity contribution is 0.218. The Morgan fingerprint density at radius 1 is 1.12 bits per heavy atom. The highest BCUT2D eigenvalue weighted by atomic mass is 16.5. The predicted molar refractivity (Wildman–Crippen MR) is 72.7 cm³/mol. The van der Waals surface area contributed by atoms with E-state index in [4.69, 9.17) is 4.74 Å². The van der Waals surface area contributed by atoms with Gasteiger partial charge in [0, 0.05) is 11.0 Å². The van der Waals surface area contributed by atoms with Crippen molar-refractivity contribution in [3.63, 3.8) is 0 Å². The molecule has 1 nitrogen and oxygen atoms in total. The molecule has 1 saturated carbocycles. The Labute approximate surface area is 105 Å². The van der Waals surface area contributed by atoms with E-state index >= 15 is 0 Å². The minimum absolute atomic E-state index is 0.240. The summed E-state index contributed by atoms with van der Waals surface area (Å²) in [6, 6.07) is 6.56. The van der Waals surface area contributed by atoms with E-state index in [1.165, 1.54) is 30.4 Å². The summed E-state index contributed by atoms with van der Waals surface area (Å²) in [7, 11) is 1.78. The molecule has 0 saturated heterocycles. The van der Waals surface area contributed by atoms with Gasteiger partial charge in [0.05, 0.1) is 7.11 Å². The first-order valence-corrected chi connectivity index (χ1v) is 6.56. The monoisotopic (exact) mass is 232 g/mol. The van der Waals surface area contributed by atoms with Crippen molar-refractivity contribution in [1.29, 1.82) is 0 Å². The number of aryl methyl sites for hydroxylation is 1. The van der Waals surface area contributed by atoms with E-state index in [9.17, 15) is 0 Å². The summed E-state index contributed by atoms with van der Waals surface area (Å²) < 4.78 is 5.57. The molecule has 1 aliphatic carbocycles. The molecule has 1 atom stereocenters. The minimum atomic E-state index is 0.240. The topological polar surface area (TPSA) is 9.23 Å². The van der Waals surface area contributed by atoms with Gasteiger partial charge in [-0.3, -0.25) is 0 Å². The number of ether oxygens (including phenoxy) is 1. The summed E-state index contributed by atoms with van der Waals surface area (Å²) in [6.45, 7) is 9.34. The van der Waals surface area contributed by atoms with Crippen LogP contribution in [0.2, 0.25) is 0 Å². The maximum atomic E-state index is 5.57. The van der Waals surface area contributed by atoms with E-state index in [1.54, 1.807) is 7.11 Å². The van der Waals surface area contributed by atoms with E-state index in [0.29, 0.717) is 5.41 Å². The zero-order valence-corrected chi connectivity index (χ0v) is 11.8. The van der Waals surface area contributed by atoms with E-state index in [1.807, 2.05) is 0 Å². The van der Waals surface area contributed by atoms with Crippen molar-refractivity contribution in [2.75, 3.05) is 7.11 Å². The Morgan fingerprint density at radius 3 is 2.35 bits per heavy atom. The molecule has 0 N–H and O–H groups in total. The smallest absolute Gasteiger partial charge is 0.122 e. The van der Waals surface area contributed by atoms with Crippen molar-refractivity contribution in [3.8, 4) is 5.75 Å². The van der Waals surface area contributed by atoms with Crippen molar-refractivity contribution >= 4 is 0 Å². The maximum Gasteiger partial charge on any atom is 0.122 e. The van der Waals surface area contributed by atoms with Gasteiger partial charge < -0.3 is 4.74 Å². The molecule has 0 aliphatic heterocycles. The van der Waals surface area contributed by atoms with Crippen molar-refractivity contribution in [1.82, 2.24) is 0 Å². The molecule has 0 heterocycles. The molecule has 1 heteroatoms. The highest BCUT2D eigenvalue weighted by Gasteiger charge is 2.47. The molecule has 0 radical (unpaired) electrons. The summed E-state index contributed by atoms with van der Waals surface area (Å²) in [5.41, 5.74) is 3.31. The van der Waals surface area contributed by atoms with E-state index < -0.39 is 0 Å². The first-order valence-electron chi connectivity index (χ1n) is 6.56. The Hall–Kier alpha value is -0.980. The minimum Gasteiger partial charge on any atom is -0.496 e. The first-order chi connectivity index (χ1) is 7.90. The molecule has 94 valence electrons. The average Bonchev–Trinajstić information content (AvgIpc) is 2.54. The van der Waals surface area contributed by atoms with Crippen LogP contribution in [0.15, 0.2) is 18.2 Å². The van der Waals surface area contributed by atoms with Crippen molar-refractivity contribution in [2.24, 2.45) is 5.41 Å². The van der Waals surface area contributed by atoms with Crippen LogP contribution >= 0.6 is 0 Å². The van der Waals surface area contributed by atoms with Crippen LogP contribution in [0.5, 0.6) is 5.75 Å². The van der Waals surface area contributed by atoms with Crippen molar-refractivity contribution in [3.05, 3.63) is 29.3 Å². The van der Waals surface area contributed by atoms with Gasteiger partial charge >= 0.3 is 0 Å². The molecule has 0 aromatic heterocycles. The van der Waals surface area contributed by atoms with Crippen LogP contribution in [0, 0.1) is 12.3 Å². The van der Waals surface area contributed by atoms with Crippen LogP contribution in [-0.4, -0.2) is 7.11 Å². The second-order valence-corrected chi connectivity index (χ2v) is 6.27. The van der Waals surface area contributed by atoms with Crippen LogP contribution in [-0.2, 0) is 5.41 Å². The van der Waals surface area contributed by atoms with Crippen LogP contribution in [0.1, 0.15) is 51.2 Å². The average molecular weight is 232 g/mol. The lowest BCUT2D eigenvalue weighted by Crippen LogP contribution is -2.34. The quantitative estimate of drug-likeness (QED) is 0.731. The number of methoxy groups -OCH3 is 1. The van der Waals surface area contributed by atoms with Gasteiger partial charge in [-0.25, -0.2) is 0 Å². The summed E-state index contributed by atoms with van der Waals surface area (Å²) in [5.74, 6) is 1.05. The van der Waals surface area contributed by atoms with Gasteiger partial charge in [0.2, 0.25) is 0 Å². The van der Waals surface area contributed by atoms with Gasteiger partial charge in [0.15, 0.2) is 0 Å². The molecule has 0 bridgehead atoms. The zero-order valence-electron chi connectivity index (χ0n) is 11.8. The van der Waals surface area contributed by atoms with Gasteiger partial charge in [-0.15, -0.1) is 0 Å². The predicted octanol–water partition coefficient (Wildman–Crippen LogP) is 4.47. The summed E-state index contributed by atoms with van der Waals surface area (Å²) in [6.07, 6.45) is 3.89. The fraction of sp³-hybridized carbons (Fsp3) is 0.625. The Morgan fingerprint density at radius 2 is 1.82 bits per heavy atom. The highest BCUT2D eigenvalue weighted by Crippen LogP contribution is 2.55. The molecule has 0 amide bonds. The number of rotatable bonds is 2. The highest BCUT2D eigenvalue weighted by molar-refractivity contribution is 5.44. The molecule has 1 aliphatic rings. The summed E-state index contributed by atoms with van der Waals surface area (Å²) in [4.78, 5) is 0. The van der Waals surface area contributed by atoms with Gasteiger partial charge in [-0.1, -0.05) is 44.9 Å². The zero-order chi connectivity index (χ0) is 12.7. The normalized spacial score (nSPS) is 27.1. The molecule has 1 unspecified atom stereocenters. The lowest BCUT2D eigenvalue weighted by atomic mass is 9.65. The van der Waals surface area contributed by atoms with E-state index in [2.05, 4.69) is 45.9 Å². The molecule has 1 aromatic rings. The molecule has 17 heavy (non-hydrogen) atoms. The fourth-order valence-electron chi connectivity index (χ4n) is 3.25. The molecule has 1 fully saturated rings. The molecular weight excluding hydrogens is 208 g/mol. The molecule has 2 rings (SSSR count). The second-order valence-electron chi connectivity index (χ2n) is 6.27. The van der Waals surface area contributed by atoms with Gasteiger partial charge in [0.25, 0.3) is 0 Å². The van der Waals surface area contributed by atoms with Gasteiger partial charge in [-0.2, -0.15) is 0 Å². The van der Waals surface area contributed by atoms with Crippen molar-refractivity contribution < 1.29 is 4.74 Å². The number of hydrogen-bond acceptors (Lipinski definition) is 1. The fourth-order valence-corrected chi connectivity index (χ4v) is 3.25. The molecule has 0 spiro atoms. The third kappa shape index (κ3) is 1.86. The van der Waals surface area contributed by atoms with Crippen molar-refractivity contribution in [2.45, 2.75) is 52.4 Å². The lowest BCUT2D eigenvalue weighted by Gasteiger charge is -2.40. The van der Waals surface area contributed by atoms with Crippen LogP contribution in [0.3, 0.4) is 0 Å². The maximum absolute atomic E-state index is 5.57. The molecule has 1 aromatic carbocycles. The largest absolute Gasteiger partial charge is 0.496 e. The Balaban J connectivity index is 2.56. The molecular formula is C16H24O. The summed E-state index contributed by atoms with van der Waals surface area (Å²) >= 11 is 0. The van der Waals surface area contributed by atoms with Gasteiger partial charge in [-0.05, 0) is 31.2 Å². The SMILES string of the molecule is COc1ccc(C)cc1C1(C)CCCC1(C)C. The number of hydrogen-bond donors (Lipinski definition) is 0. The van der Waals surface area contributed by atoms with Crippen LogP contribution in [0.4, 0.5) is 0 Å². The van der Waals surface area contributed by atoms with Crippen LogP contribution in [0.25, 0.3) is 0 Å². The Bertz CT molecular complexity index is 420. The third-order valence-electron chi connectivity index (χ3n) is 4.92. The summed E-state index contributed by atoms with van der Waals surface area (Å²) in [5, 5.41) is 0. The van der Waals surface area contributed by atoms with E-state index in [-0.39, 0.29) is 5.41 Å². The standard InChI is InChI=1S/C16H24O/c1-12-7-8-14(17-5)13(11-12)16(4)10-6-9-15(16,2)3/h7-8,11H,6,9-10H2,1-5H3. The first kappa shape index (κ1) is 12.5. The second kappa shape index (κ2) is 4.04. The van der Waals surface area contributed by atoms with Crippen LogP contribution < -0.4 is 4.74 Å². The van der Waals surface area contributed by atoms with Gasteiger partial charge in [0.1, 0.15) is 5.75 Å². The third-order valence-corrected chi connectivity index (χ3v) is 4.92.